The fourth-order valence-corrected chi connectivity index (χ4v) is 2.56. The number of benzene rings is 2. The molecule has 0 bridgehead atoms. The summed E-state index contributed by atoms with van der Waals surface area (Å²) in [6, 6.07) is 16.6. The molecule has 1 aliphatic heterocycles. The molecule has 21 heavy (non-hydrogen) atoms. The molecule has 0 aliphatic carbocycles. The molecule has 0 saturated carbocycles. The quantitative estimate of drug-likeness (QED) is 0.861. The van der Waals surface area contributed by atoms with Crippen molar-refractivity contribution in [2.24, 2.45) is 4.99 Å². The van der Waals surface area contributed by atoms with Gasteiger partial charge in [-0.15, -0.1) is 0 Å². The zero-order chi connectivity index (χ0) is 14.8. The molecule has 3 rings (SSSR count). The minimum absolute atomic E-state index is 0.519. The highest BCUT2D eigenvalue weighted by molar-refractivity contribution is 7.80. The van der Waals surface area contributed by atoms with Crippen molar-refractivity contribution in [3.8, 4) is 0 Å². The van der Waals surface area contributed by atoms with Crippen LogP contribution in [0.25, 0.3) is 0 Å². The average molecular weight is 295 g/mol. The molecule has 1 N–H and O–H groups in total. The van der Waals surface area contributed by atoms with E-state index >= 15 is 0 Å². The summed E-state index contributed by atoms with van der Waals surface area (Å²) >= 11 is 5.33. The summed E-state index contributed by atoms with van der Waals surface area (Å²) in [5.41, 5.74) is 5.35. The van der Waals surface area contributed by atoms with Gasteiger partial charge < -0.3 is 10.2 Å². The molecule has 0 unspecified atom stereocenters. The summed E-state index contributed by atoms with van der Waals surface area (Å²) in [5.74, 6) is 0. The Hall–Kier alpha value is -2.20. The van der Waals surface area contributed by atoms with E-state index in [1.165, 1.54) is 0 Å². The topological polar surface area (TPSA) is 27.6 Å². The van der Waals surface area contributed by atoms with Gasteiger partial charge in [-0.2, -0.15) is 0 Å². The summed E-state index contributed by atoms with van der Waals surface area (Å²) in [6.45, 7) is 0.519. The minimum Gasteiger partial charge on any atom is -0.378 e. The average Bonchev–Trinajstić information content (AvgIpc) is 2.65. The van der Waals surface area contributed by atoms with Crippen LogP contribution in [-0.2, 0) is 0 Å². The number of anilines is 2. The summed E-state index contributed by atoms with van der Waals surface area (Å²) in [4.78, 5) is 7.55. The van der Waals surface area contributed by atoms with Crippen LogP contribution in [0.5, 0.6) is 0 Å². The van der Waals surface area contributed by atoms with Gasteiger partial charge in [0.1, 0.15) is 4.99 Å². The van der Waals surface area contributed by atoms with Gasteiger partial charge in [0.15, 0.2) is 0 Å². The molecule has 0 amide bonds. The molecular weight excluding hydrogens is 278 g/mol. The minimum atomic E-state index is 0.519. The van der Waals surface area contributed by atoms with Crippen LogP contribution >= 0.6 is 12.2 Å². The lowest BCUT2D eigenvalue weighted by atomic mass is 10.00. The fraction of sp³-hybridized carbons (Fsp3) is 0.176. The zero-order valence-corrected chi connectivity index (χ0v) is 12.9. The van der Waals surface area contributed by atoms with Crippen molar-refractivity contribution in [3.63, 3.8) is 0 Å². The largest absolute Gasteiger partial charge is 0.378 e. The van der Waals surface area contributed by atoms with Crippen LogP contribution in [0.15, 0.2) is 53.5 Å². The number of hydrogen-bond acceptors (Lipinski definition) is 3. The third-order valence-corrected chi connectivity index (χ3v) is 3.71. The van der Waals surface area contributed by atoms with Gasteiger partial charge in [0, 0.05) is 36.6 Å². The first-order valence-electron chi connectivity index (χ1n) is 6.86. The molecule has 0 saturated heterocycles. The van der Waals surface area contributed by atoms with Gasteiger partial charge >= 0.3 is 0 Å². The van der Waals surface area contributed by atoms with Crippen LogP contribution in [0.4, 0.5) is 11.4 Å². The summed E-state index contributed by atoms with van der Waals surface area (Å²) in [5, 5.41) is 3.29. The third kappa shape index (κ3) is 2.81. The van der Waals surface area contributed by atoms with E-state index in [0.29, 0.717) is 6.54 Å². The van der Waals surface area contributed by atoms with Crippen molar-refractivity contribution < 1.29 is 0 Å². The van der Waals surface area contributed by atoms with Crippen LogP contribution in [0, 0.1) is 0 Å². The Morgan fingerprint density at radius 1 is 1.10 bits per heavy atom. The molecule has 0 fully saturated rings. The number of hydrogen-bond donors (Lipinski definition) is 1. The first-order valence-corrected chi connectivity index (χ1v) is 7.27. The molecule has 0 atom stereocenters. The van der Waals surface area contributed by atoms with Crippen molar-refractivity contribution in [1.82, 2.24) is 0 Å². The first kappa shape index (κ1) is 13.8. The first-order chi connectivity index (χ1) is 10.1. The standard InChI is InChI=1S/C17H17N3S/c1-20(2)13-8-9-15-14(10-13)17(18-11-16(21)19-15)12-6-4-3-5-7-12/h3-10H,11H2,1-2H3,(H,19,21). The normalized spacial score (nSPS) is 13.8. The Kier molecular flexibility index (Phi) is 3.71. The molecule has 2 aromatic rings. The SMILES string of the molecule is CN(C)c1ccc2c(c1)C(c1ccccc1)=NCC(=S)N2. The van der Waals surface area contributed by atoms with Crippen molar-refractivity contribution in [1.29, 1.82) is 0 Å². The van der Waals surface area contributed by atoms with E-state index in [2.05, 4.69) is 40.5 Å². The van der Waals surface area contributed by atoms with E-state index < -0.39 is 0 Å². The van der Waals surface area contributed by atoms with E-state index in [1.54, 1.807) is 0 Å². The predicted octanol–water partition coefficient (Wildman–Crippen LogP) is 3.34. The zero-order valence-electron chi connectivity index (χ0n) is 12.1. The maximum atomic E-state index is 5.33. The maximum Gasteiger partial charge on any atom is 0.102 e. The van der Waals surface area contributed by atoms with E-state index in [9.17, 15) is 0 Å². The third-order valence-electron chi connectivity index (χ3n) is 3.48. The number of nitrogens with one attached hydrogen (secondary N) is 1. The Morgan fingerprint density at radius 2 is 1.86 bits per heavy atom. The summed E-state index contributed by atoms with van der Waals surface area (Å²) < 4.78 is 0. The van der Waals surface area contributed by atoms with Crippen LogP contribution in [0.1, 0.15) is 11.1 Å². The van der Waals surface area contributed by atoms with Gasteiger partial charge in [0.05, 0.1) is 12.3 Å². The Balaban J connectivity index is 2.18. The summed E-state index contributed by atoms with van der Waals surface area (Å²) in [7, 11) is 4.08. The van der Waals surface area contributed by atoms with E-state index in [-0.39, 0.29) is 0 Å². The van der Waals surface area contributed by atoms with Gasteiger partial charge in [-0.3, -0.25) is 4.99 Å². The van der Waals surface area contributed by atoms with E-state index in [1.807, 2.05) is 32.3 Å². The van der Waals surface area contributed by atoms with Crippen LogP contribution in [0.2, 0.25) is 0 Å². The van der Waals surface area contributed by atoms with Gasteiger partial charge in [-0.1, -0.05) is 42.5 Å². The lowest BCUT2D eigenvalue weighted by Crippen LogP contribution is -2.13. The number of fused-ring (bicyclic) bond motifs is 1. The Bertz CT molecular complexity index is 705. The van der Waals surface area contributed by atoms with Gasteiger partial charge in [0.25, 0.3) is 0 Å². The van der Waals surface area contributed by atoms with Gasteiger partial charge in [0.2, 0.25) is 0 Å². The second-order valence-electron chi connectivity index (χ2n) is 5.20. The van der Waals surface area contributed by atoms with Crippen molar-refractivity contribution in [3.05, 3.63) is 59.7 Å². The van der Waals surface area contributed by atoms with Crippen LogP contribution < -0.4 is 10.2 Å². The number of nitrogens with zero attached hydrogens (tertiary/aromatic N) is 2. The van der Waals surface area contributed by atoms with Crippen LogP contribution in [-0.4, -0.2) is 31.3 Å². The van der Waals surface area contributed by atoms with Crippen molar-refractivity contribution in [2.75, 3.05) is 30.9 Å². The lowest BCUT2D eigenvalue weighted by molar-refractivity contribution is 1.13. The molecule has 1 heterocycles. The number of thiocarbonyl (C=S) groups is 1. The predicted molar refractivity (Wildman–Crippen MR) is 93.9 cm³/mol. The van der Waals surface area contributed by atoms with Gasteiger partial charge in [-0.05, 0) is 18.2 Å². The van der Waals surface area contributed by atoms with Gasteiger partial charge in [-0.25, -0.2) is 0 Å². The molecule has 1 aliphatic rings. The number of aliphatic imine (C=N–C) groups is 1. The highest BCUT2D eigenvalue weighted by Gasteiger charge is 2.17. The van der Waals surface area contributed by atoms with E-state index in [4.69, 9.17) is 17.2 Å². The summed E-state index contributed by atoms with van der Waals surface area (Å²) in [6.07, 6.45) is 0. The molecule has 0 aromatic heterocycles. The molecule has 0 spiro atoms. The molecule has 3 nitrogen and oxygen atoms in total. The molecule has 106 valence electrons. The number of benzodiazepines with no additional fused rings is 1. The maximum absolute atomic E-state index is 5.33. The number of rotatable bonds is 2. The van der Waals surface area contributed by atoms with Crippen molar-refractivity contribution in [2.45, 2.75) is 0 Å². The van der Waals surface area contributed by atoms with Crippen molar-refractivity contribution >= 4 is 34.3 Å². The molecule has 4 heteroatoms. The monoisotopic (exact) mass is 295 g/mol. The Morgan fingerprint density at radius 3 is 2.57 bits per heavy atom. The van der Waals surface area contributed by atoms with E-state index in [0.717, 1.165) is 33.2 Å². The second-order valence-corrected chi connectivity index (χ2v) is 5.70. The highest BCUT2D eigenvalue weighted by Crippen LogP contribution is 2.27. The smallest absolute Gasteiger partial charge is 0.102 e. The molecule has 2 aromatic carbocycles. The molecular formula is C17H17N3S. The highest BCUT2D eigenvalue weighted by atomic mass is 32.1. The fourth-order valence-electron chi connectivity index (χ4n) is 2.38. The second kappa shape index (κ2) is 5.66. The lowest BCUT2D eigenvalue weighted by Gasteiger charge is -2.17. The van der Waals surface area contributed by atoms with Crippen LogP contribution in [0.3, 0.4) is 0 Å². The molecule has 0 radical (unpaired) electrons. The Labute approximate surface area is 130 Å².